The highest BCUT2D eigenvalue weighted by molar-refractivity contribution is 6.02. The molecule has 3 N–H and O–H groups in total. The van der Waals surface area contributed by atoms with Crippen LogP contribution in [-0.4, -0.2) is 41.4 Å². The number of aliphatic carboxylic acids is 1. The van der Waals surface area contributed by atoms with E-state index in [0.29, 0.717) is 19.4 Å². The predicted molar refractivity (Wildman–Crippen MR) is 89.5 cm³/mol. The highest BCUT2D eigenvalue weighted by Crippen LogP contribution is 2.14. The van der Waals surface area contributed by atoms with Gasteiger partial charge in [-0.15, -0.1) is 0 Å². The molecule has 25 heavy (non-hydrogen) atoms. The average molecular weight is 350 g/mol. The number of ketones is 1. The third-order valence-corrected chi connectivity index (χ3v) is 4.43. The van der Waals surface area contributed by atoms with E-state index in [1.165, 1.54) is 0 Å². The molecule has 1 aliphatic heterocycles. The van der Waals surface area contributed by atoms with Crippen molar-refractivity contribution in [3.05, 3.63) is 31.6 Å². The summed E-state index contributed by atoms with van der Waals surface area (Å²) in [6.45, 7) is 2.49. The number of Topliss-reactive ketones (excluding diaryl/α,β-unsaturated/α-hetero) is 1. The number of carboxylic acids is 1. The largest absolute Gasteiger partial charge is 0.480 e. The molecule has 1 heterocycles. The Balaban J connectivity index is 2.07. The molecule has 1 amide bonds. The normalized spacial score (nSPS) is 18.2. The molecule has 1 fully saturated rings. The standard InChI is InChI=1S/C17H22N2O6/c1-2-4-12(20)19-11(17(24)25)7-6-9-13(16(23)14(9)21)15(22)10-5-3-8-18-10/h10-11,18H,2-8H2,1H3,(H,19,20)(H,24,25)/t10?,11-/m1/s1. The second-order valence-electron chi connectivity index (χ2n) is 6.27. The van der Waals surface area contributed by atoms with Gasteiger partial charge in [-0.1, -0.05) is 6.92 Å². The van der Waals surface area contributed by atoms with Gasteiger partial charge in [0.05, 0.1) is 11.6 Å². The van der Waals surface area contributed by atoms with Gasteiger partial charge < -0.3 is 15.7 Å². The molecule has 8 nitrogen and oxygen atoms in total. The second kappa shape index (κ2) is 8.15. The average Bonchev–Trinajstić information content (AvgIpc) is 3.10. The highest BCUT2D eigenvalue weighted by atomic mass is 16.4. The van der Waals surface area contributed by atoms with E-state index in [2.05, 4.69) is 10.6 Å². The van der Waals surface area contributed by atoms with Crippen LogP contribution in [0.4, 0.5) is 0 Å². The number of hydrogen-bond donors (Lipinski definition) is 3. The molecule has 1 saturated heterocycles. The smallest absolute Gasteiger partial charge is 0.326 e. The third kappa shape index (κ3) is 4.19. The van der Waals surface area contributed by atoms with Crippen molar-refractivity contribution in [1.29, 1.82) is 0 Å². The minimum atomic E-state index is -1.21. The molecule has 0 bridgehead atoms. The molecule has 8 heteroatoms. The summed E-state index contributed by atoms with van der Waals surface area (Å²) >= 11 is 0. The summed E-state index contributed by atoms with van der Waals surface area (Å²) in [5.41, 5.74) is -1.55. The fourth-order valence-electron chi connectivity index (χ4n) is 3.06. The van der Waals surface area contributed by atoms with Gasteiger partial charge in [0.25, 0.3) is 0 Å². The van der Waals surface area contributed by atoms with E-state index in [4.69, 9.17) is 0 Å². The second-order valence-corrected chi connectivity index (χ2v) is 6.27. The first-order chi connectivity index (χ1) is 11.9. The summed E-state index contributed by atoms with van der Waals surface area (Å²) in [6.07, 6.45) is 2.16. The molecule has 2 atom stereocenters. The summed E-state index contributed by atoms with van der Waals surface area (Å²) in [5, 5.41) is 14.6. The molecule has 0 aliphatic carbocycles. The van der Waals surface area contributed by atoms with E-state index in [1.54, 1.807) is 6.92 Å². The minimum Gasteiger partial charge on any atom is -0.480 e. The summed E-state index contributed by atoms with van der Waals surface area (Å²) in [6, 6.07) is -1.61. The molecular formula is C17H22N2O6. The van der Waals surface area contributed by atoms with E-state index in [9.17, 15) is 29.1 Å². The van der Waals surface area contributed by atoms with Crippen molar-refractivity contribution in [3.8, 4) is 0 Å². The maximum absolute atomic E-state index is 12.4. The lowest BCUT2D eigenvalue weighted by Gasteiger charge is -2.17. The molecule has 1 aromatic carbocycles. The Bertz CT molecular complexity index is 741. The first-order valence-corrected chi connectivity index (χ1v) is 8.48. The summed E-state index contributed by atoms with van der Waals surface area (Å²) in [7, 11) is 0. The molecule has 1 unspecified atom stereocenters. The van der Waals surface area contributed by atoms with E-state index >= 15 is 0 Å². The van der Waals surface area contributed by atoms with Gasteiger partial charge in [-0.05, 0) is 38.6 Å². The van der Waals surface area contributed by atoms with Gasteiger partial charge >= 0.3 is 5.97 Å². The predicted octanol–water partition coefficient (Wildman–Crippen LogP) is -0.481. The molecule has 136 valence electrons. The van der Waals surface area contributed by atoms with Gasteiger partial charge in [0.1, 0.15) is 6.04 Å². The fraction of sp³-hybridized carbons (Fsp3) is 0.588. The van der Waals surface area contributed by atoms with Gasteiger partial charge in [0, 0.05) is 12.0 Å². The SMILES string of the molecule is CCCC(=O)N[C@H](CCc1c(C(=O)C2CCCN2)c(=O)c1=O)C(=O)O. The Kier molecular flexibility index (Phi) is 6.19. The van der Waals surface area contributed by atoms with Crippen LogP contribution in [-0.2, 0) is 16.0 Å². The van der Waals surface area contributed by atoms with Gasteiger partial charge in [-0.2, -0.15) is 0 Å². The summed E-state index contributed by atoms with van der Waals surface area (Å²) in [4.78, 5) is 58.8. The van der Waals surface area contributed by atoms with Gasteiger partial charge in [-0.25, -0.2) is 4.79 Å². The fourth-order valence-corrected chi connectivity index (χ4v) is 3.06. The monoisotopic (exact) mass is 350 g/mol. The van der Waals surface area contributed by atoms with Crippen LogP contribution in [0.5, 0.6) is 0 Å². The zero-order valence-corrected chi connectivity index (χ0v) is 14.1. The topological polar surface area (TPSA) is 130 Å². The first kappa shape index (κ1) is 19.0. The van der Waals surface area contributed by atoms with Crippen molar-refractivity contribution in [2.45, 2.75) is 57.5 Å². The minimum absolute atomic E-state index is 0.0261. The molecule has 0 aromatic heterocycles. The van der Waals surface area contributed by atoms with Crippen molar-refractivity contribution < 1.29 is 19.5 Å². The van der Waals surface area contributed by atoms with Crippen molar-refractivity contribution in [2.24, 2.45) is 0 Å². The lowest BCUT2D eigenvalue weighted by molar-refractivity contribution is -0.142. The molecule has 2 rings (SSSR count). The van der Waals surface area contributed by atoms with E-state index in [1.807, 2.05) is 0 Å². The first-order valence-electron chi connectivity index (χ1n) is 8.48. The van der Waals surface area contributed by atoms with Crippen LogP contribution in [0.25, 0.3) is 0 Å². The van der Waals surface area contributed by atoms with Crippen molar-refractivity contribution >= 4 is 17.7 Å². The third-order valence-electron chi connectivity index (χ3n) is 4.43. The zero-order valence-electron chi connectivity index (χ0n) is 14.1. The Morgan fingerprint density at radius 1 is 1.28 bits per heavy atom. The van der Waals surface area contributed by atoms with Gasteiger partial charge in [-0.3, -0.25) is 19.2 Å². The van der Waals surface area contributed by atoms with Crippen molar-refractivity contribution in [3.63, 3.8) is 0 Å². The van der Waals surface area contributed by atoms with Crippen LogP contribution in [0, 0.1) is 0 Å². The summed E-state index contributed by atoms with van der Waals surface area (Å²) < 4.78 is 0. The Morgan fingerprint density at radius 3 is 2.56 bits per heavy atom. The molecule has 1 aromatic rings. The number of carbonyl (C=O) groups is 3. The Morgan fingerprint density at radius 2 is 2.00 bits per heavy atom. The number of rotatable bonds is 9. The highest BCUT2D eigenvalue weighted by Gasteiger charge is 2.33. The number of hydrogen-bond acceptors (Lipinski definition) is 6. The number of nitrogens with one attached hydrogen (secondary N) is 2. The lowest BCUT2D eigenvalue weighted by Crippen LogP contribution is -2.47. The number of amides is 1. The lowest BCUT2D eigenvalue weighted by atomic mass is 9.89. The molecule has 0 radical (unpaired) electrons. The van der Waals surface area contributed by atoms with Crippen molar-refractivity contribution in [2.75, 3.05) is 6.54 Å². The van der Waals surface area contributed by atoms with Crippen LogP contribution in [0.15, 0.2) is 9.59 Å². The van der Waals surface area contributed by atoms with E-state index < -0.39 is 28.9 Å². The molecule has 0 saturated carbocycles. The quantitative estimate of drug-likeness (QED) is 0.405. The Labute approximate surface area is 144 Å². The maximum Gasteiger partial charge on any atom is 0.326 e. The van der Waals surface area contributed by atoms with Crippen LogP contribution < -0.4 is 21.5 Å². The number of carboxylic acid groups (broad SMARTS) is 1. The van der Waals surface area contributed by atoms with Gasteiger partial charge in [0.2, 0.25) is 16.8 Å². The van der Waals surface area contributed by atoms with Crippen molar-refractivity contribution in [1.82, 2.24) is 10.6 Å². The molecule has 0 spiro atoms. The molecule has 1 aliphatic rings. The molecular weight excluding hydrogens is 328 g/mol. The van der Waals surface area contributed by atoms with Crippen LogP contribution in [0.3, 0.4) is 0 Å². The van der Waals surface area contributed by atoms with E-state index in [0.717, 1.165) is 6.42 Å². The van der Waals surface area contributed by atoms with E-state index in [-0.39, 0.29) is 42.1 Å². The zero-order chi connectivity index (χ0) is 18.6. The van der Waals surface area contributed by atoms with Crippen LogP contribution in [0.2, 0.25) is 0 Å². The van der Waals surface area contributed by atoms with Crippen LogP contribution >= 0.6 is 0 Å². The van der Waals surface area contributed by atoms with Crippen LogP contribution in [0.1, 0.15) is 54.9 Å². The number of carbonyl (C=O) groups excluding carboxylic acids is 2. The van der Waals surface area contributed by atoms with Gasteiger partial charge in [0.15, 0.2) is 5.78 Å². The maximum atomic E-state index is 12.4. The Hall–Kier alpha value is -2.35. The summed E-state index contributed by atoms with van der Waals surface area (Å²) in [5.74, 6) is -1.99.